The monoisotopic (exact) mass is 252 g/mol. The predicted octanol–water partition coefficient (Wildman–Crippen LogP) is 3.05. The first-order valence-electron chi connectivity index (χ1n) is 4.49. The lowest BCUT2D eigenvalue weighted by Gasteiger charge is -1.98. The van der Waals surface area contributed by atoms with Crippen LogP contribution in [0.1, 0.15) is 5.69 Å². The van der Waals surface area contributed by atoms with Crippen LogP contribution in [0.3, 0.4) is 0 Å². The third kappa shape index (κ3) is 2.40. The zero-order valence-electron chi connectivity index (χ0n) is 8.14. The van der Waals surface area contributed by atoms with Gasteiger partial charge in [-0.1, -0.05) is 29.8 Å². The lowest BCUT2D eigenvalue weighted by Crippen LogP contribution is -1.90. The van der Waals surface area contributed by atoms with Crippen molar-refractivity contribution in [1.29, 1.82) is 0 Å². The van der Waals surface area contributed by atoms with Crippen LogP contribution >= 0.6 is 22.9 Å². The van der Waals surface area contributed by atoms with Crippen molar-refractivity contribution in [3.05, 3.63) is 40.4 Å². The molecule has 1 aromatic heterocycles. The fraction of sp³-hybridized carbons (Fsp3) is 0.0909. The molecule has 0 spiro atoms. The highest BCUT2D eigenvalue weighted by molar-refractivity contribution is 7.13. The third-order valence-corrected chi connectivity index (χ3v) is 3.19. The van der Waals surface area contributed by atoms with Crippen LogP contribution in [0.5, 0.6) is 0 Å². The molecule has 16 heavy (non-hydrogen) atoms. The van der Waals surface area contributed by atoms with E-state index in [0.29, 0.717) is 10.7 Å². The van der Waals surface area contributed by atoms with Crippen LogP contribution in [0.2, 0.25) is 5.02 Å². The second-order valence-electron chi connectivity index (χ2n) is 3.00. The molecule has 81 valence electrons. The van der Waals surface area contributed by atoms with Crippen molar-refractivity contribution in [3.8, 4) is 10.6 Å². The summed E-state index contributed by atoms with van der Waals surface area (Å²) in [5.74, 6) is 0. The molecule has 0 bridgehead atoms. The SMILES string of the molecule is O=[C]OCc1csc(-c2ccccc2Cl)n1. The van der Waals surface area contributed by atoms with Gasteiger partial charge in [0.05, 0.1) is 10.7 Å². The molecular weight excluding hydrogens is 246 g/mol. The van der Waals surface area contributed by atoms with Crippen molar-refractivity contribution in [2.75, 3.05) is 0 Å². The van der Waals surface area contributed by atoms with Gasteiger partial charge >= 0.3 is 6.47 Å². The molecular formula is C11H7ClNO2S. The molecule has 0 aliphatic rings. The first-order chi connectivity index (χ1) is 7.81. The van der Waals surface area contributed by atoms with Gasteiger partial charge in [-0.15, -0.1) is 11.3 Å². The summed E-state index contributed by atoms with van der Waals surface area (Å²) in [6, 6.07) is 7.48. The highest BCUT2D eigenvalue weighted by Crippen LogP contribution is 2.30. The van der Waals surface area contributed by atoms with Crippen LogP contribution < -0.4 is 0 Å². The second kappa shape index (κ2) is 5.09. The van der Waals surface area contributed by atoms with Gasteiger partial charge in [0.25, 0.3) is 0 Å². The van der Waals surface area contributed by atoms with Crippen LogP contribution in [-0.2, 0) is 16.1 Å². The van der Waals surface area contributed by atoms with Gasteiger partial charge in [-0.05, 0) is 6.07 Å². The molecule has 0 saturated carbocycles. The standard InChI is InChI=1S/C11H7ClNO2S/c12-10-4-2-1-3-9(10)11-13-8(6-16-11)5-15-7-14/h1-4,6H,5H2. The van der Waals surface area contributed by atoms with Gasteiger partial charge in [-0.3, -0.25) is 0 Å². The first kappa shape index (κ1) is 11.1. The minimum Gasteiger partial charge on any atom is -0.451 e. The minimum absolute atomic E-state index is 0.143. The number of rotatable bonds is 4. The lowest BCUT2D eigenvalue weighted by atomic mass is 10.2. The molecule has 0 N–H and O–H groups in total. The predicted molar refractivity (Wildman–Crippen MR) is 63.0 cm³/mol. The Kier molecular flexibility index (Phi) is 3.54. The van der Waals surface area contributed by atoms with Gasteiger partial charge in [0, 0.05) is 10.9 Å². The van der Waals surface area contributed by atoms with E-state index < -0.39 is 0 Å². The zero-order chi connectivity index (χ0) is 11.4. The summed E-state index contributed by atoms with van der Waals surface area (Å²) in [5, 5.41) is 3.30. The molecule has 0 aliphatic carbocycles. The Bertz CT molecular complexity index is 498. The summed E-state index contributed by atoms with van der Waals surface area (Å²) in [6.45, 7) is 1.51. The zero-order valence-corrected chi connectivity index (χ0v) is 9.72. The molecule has 0 saturated heterocycles. The van der Waals surface area contributed by atoms with Gasteiger partial charge in [-0.2, -0.15) is 0 Å². The number of ether oxygens (including phenoxy) is 1. The second-order valence-corrected chi connectivity index (χ2v) is 4.26. The average Bonchev–Trinajstić information content (AvgIpc) is 2.75. The Hall–Kier alpha value is -1.39. The van der Waals surface area contributed by atoms with E-state index in [4.69, 9.17) is 11.6 Å². The summed E-state index contributed by atoms with van der Waals surface area (Å²) in [6.07, 6.45) is 0. The van der Waals surface area contributed by atoms with Crippen molar-refractivity contribution in [2.45, 2.75) is 6.61 Å². The Balaban J connectivity index is 2.25. The number of nitrogens with zero attached hydrogens (tertiary/aromatic N) is 1. The summed E-state index contributed by atoms with van der Waals surface area (Å²) in [5.41, 5.74) is 1.58. The highest BCUT2D eigenvalue weighted by Gasteiger charge is 2.07. The maximum Gasteiger partial charge on any atom is 0.417 e. The number of carbonyl (C=O) groups excluding carboxylic acids is 1. The Labute approximate surface area is 102 Å². The van der Waals surface area contributed by atoms with E-state index >= 15 is 0 Å². The van der Waals surface area contributed by atoms with Gasteiger partial charge in [0.15, 0.2) is 0 Å². The van der Waals surface area contributed by atoms with E-state index in [9.17, 15) is 4.79 Å². The number of benzene rings is 1. The van der Waals surface area contributed by atoms with E-state index in [-0.39, 0.29) is 6.61 Å². The molecule has 0 atom stereocenters. The quantitative estimate of drug-likeness (QED) is 0.840. The van der Waals surface area contributed by atoms with Crippen molar-refractivity contribution >= 4 is 29.4 Å². The van der Waals surface area contributed by atoms with Crippen molar-refractivity contribution in [1.82, 2.24) is 4.98 Å². The van der Waals surface area contributed by atoms with Crippen molar-refractivity contribution < 1.29 is 9.53 Å². The Morgan fingerprint density at radius 3 is 3.00 bits per heavy atom. The molecule has 0 fully saturated rings. The van der Waals surface area contributed by atoms with Crippen LogP contribution in [0.25, 0.3) is 10.6 Å². The van der Waals surface area contributed by atoms with Crippen molar-refractivity contribution in [2.24, 2.45) is 0 Å². The maximum atomic E-state index is 9.92. The summed E-state index contributed by atoms with van der Waals surface area (Å²) in [7, 11) is 0. The average molecular weight is 253 g/mol. The number of aromatic nitrogens is 1. The summed E-state index contributed by atoms with van der Waals surface area (Å²) in [4.78, 5) is 14.2. The van der Waals surface area contributed by atoms with Gasteiger partial charge in [0.2, 0.25) is 0 Å². The van der Waals surface area contributed by atoms with Gasteiger partial charge in [-0.25, -0.2) is 9.78 Å². The molecule has 2 aromatic rings. The molecule has 3 nitrogen and oxygen atoms in total. The van der Waals surface area contributed by atoms with Gasteiger partial charge < -0.3 is 4.74 Å². The molecule has 1 aromatic carbocycles. The van der Waals surface area contributed by atoms with E-state index in [2.05, 4.69) is 9.72 Å². The van der Waals surface area contributed by atoms with Crippen molar-refractivity contribution in [3.63, 3.8) is 0 Å². The fourth-order valence-corrected chi connectivity index (χ4v) is 2.36. The first-order valence-corrected chi connectivity index (χ1v) is 5.75. The molecule has 0 aliphatic heterocycles. The molecule has 0 unspecified atom stereocenters. The van der Waals surface area contributed by atoms with Crippen LogP contribution in [0.15, 0.2) is 29.6 Å². The van der Waals surface area contributed by atoms with Gasteiger partial charge in [0.1, 0.15) is 11.6 Å². The smallest absolute Gasteiger partial charge is 0.417 e. The highest BCUT2D eigenvalue weighted by atomic mass is 35.5. The van der Waals surface area contributed by atoms with Crippen LogP contribution in [-0.4, -0.2) is 11.5 Å². The minimum atomic E-state index is 0.143. The van der Waals surface area contributed by atoms with Crippen LogP contribution in [0.4, 0.5) is 0 Å². The van der Waals surface area contributed by atoms with E-state index in [1.165, 1.54) is 17.8 Å². The number of hydrogen-bond donors (Lipinski definition) is 0. The molecule has 5 heteroatoms. The Morgan fingerprint density at radius 1 is 1.44 bits per heavy atom. The Morgan fingerprint density at radius 2 is 2.25 bits per heavy atom. The molecule has 2 rings (SSSR count). The molecule has 1 radical (unpaired) electrons. The molecule has 0 amide bonds. The number of hydrogen-bond acceptors (Lipinski definition) is 4. The van der Waals surface area contributed by atoms with Crippen LogP contribution in [0, 0.1) is 0 Å². The third-order valence-electron chi connectivity index (χ3n) is 1.93. The fourth-order valence-electron chi connectivity index (χ4n) is 1.24. The van der Waals surface area contributed by atoms with E-state index in [1.807, 2.05) is 29.6 Å². The normalized spacial score (nSPS) is 10.1. The molecule has 1 heterocycles. The summed E-state index contributed by atoms with van der Waals surface area (Å²) < 4.78 is 4.50. The summed E-state index contributed by atoms with van der Waals surface area (Å²) >= 11 is 7.51. The number of thiazole rings is 1. The number of halogens is 1. The van der Waals surface area contributed by atoms with E-state index in [0.717, 1.165) is 10.6 Å². The lowest BCUT2D eigenvalue weighted by molar-refractivity contribution is 0.264. The largest absolute Gasteiger partial charge is 0.451 e. The topological polar surface area (TPSA) is 39.2 Å². The van der Waals surface area contributed by atoms with E-state index in [1.54, 1.807) is 0 Å². The maximum absolute atomic E-state index is 9.92.